The number of aliphatic imine (C=N–C) groups is 1. The molecule has 1 aromatic heterocycles. The molecule has 0 aliphatic heterocycles. The average Bonchev–Trinajstić information content (AvgIpc) is 3.09. The van der Waals surface area contributed by atoms with Gasteiger partial charge in [-0.3, -0.25) is 0 Å². The molecule has 4 heteroatoms. The van der Waals surface area contributed by atoms with Crippen LogP contribution in [-0.2, 0) is 6.54 Å². The maximum absolute atomic E-state index is 5.28. The van der Waals surface area contributed by atoms with Crippen LogP contribution in [0.3, 0.4) is 0 Å². The first kappa shape index (κ1) is 13.7. The van der Waals surface area contributed by atoms with Crippen LogP contribution in [0.25, 0.3) is 0 Å². The highest BCUT2D eigenvalue weighted by Gasteiger charge is 2.04. The van der Waals surface area contributed by atoms with Gasteiger partial charge in [0.2, 0.25) is 0 Å². The fourth-order valence-electron chi connectivity index (χ4n) is 2.21. The zero-order valence-electron chi connectivity index (χ0n) is 11.6. The van der Waals surface area contributed by atoms with Crippen LogP contribution in [0.1, 0.15) is 38.4 Å². The van der Waals surface area contributed by atoms with Crippen molar-refractivity contribution >= 4 is 5.96 Å². The molecule has 0 amide bonds. The monoisotopic (exact) mass is 261 g/mol. The number of hydrogen-bond donors (Lipinski definition) is 2. The topological polar surface area (TPSA) is 49.6 Å². The van der Waals surface area contributed by atoms with Crippen molar-refractivity contribution in [3.05, 3.63) is 35.8 Å². The third-order valence-corrected chi connectivity index (χ3v) is 3.19. The number of allylic oxidation sites excluding steroid dienone is 1. The summed E-state index contributed by atoms with van der Waals surface area (Å²) < 4.78 is 5.28. The summed E-state index contributed by atoms with van der Waals surface area (Å²) in [6, 6.07) is 3.83. The van der Waals surface area contributed by atoms with E-state index in [1.807, 2.05) is 12.1 Å². The Morgan fingerprint density at radius 3 is 3.05 bits per heavy atom. The SMILES string of the molecule is CCNC(=NCc1ccco1)NCCC1=CCCC1. The third kappa shape index (κ3) is 4.81. The zero-order chi connectivity index (χ0) is 13.3. The van der Waals surface area contributed by atoms with Crippen molar-refractivity contribution in [2.75, 3.05) is 13.1 Å². The highest BCUT2D eigenvalue weighted by molar-refractivity contribution is 5.79. The van der Waals surface area contributed by atoms with E-state index in [2.05, 4.69) is 28.6 Å². The molecular formula is C15H23N3O. The lowest BCUT2D eigenvalue weighted by Gasteiger charge is -2.11. The maximum atomic E-state index is 5.28. The van der Waals surface area contributed by atoms with E-state index in [0.29, 0.717) is 6.54 Å². The van der Waals surface area contributed by atoms with Crippen molar-refractivity contribution in [2.45, 2.75) is 39.2 Å². The molecule has 0 radical (unpaired) electrons. The van der Waals surface area contributed by atoms with Gasteiger partial charge in [-0.05, 0) is 44.7 Å². The van der Waals surface area contributed by atoms with E-state index in [4.69, 9.17) is 4.42 Å². The van der Waals surface area contributed by atoms with Crippen LogP contribution in [0.4, 0.5) is 0 Å². The van der Waals surface area contributed by atoms with Gasteiger partial charge in [0.15, 0.2) is 5.96 Å². The molecule has 0 bridgehead atoms. The van der Waals surface area contributed by atoms with Gasteiger partial charge in [-0.2, -0.15) is 0 Å². The second-order valence-corrected chi connectivity index (χ2v) is 4.71. The highest BCUT2D eigenvalue weighted by atomic mass is 16.3. The van der Waals surface area contributed by atoms with Gasteiger partial charge in [0.05, 0.1) is 6.26 Å². The number of furan rings is 1. The fourth-order valence-corrected chi connectivity index (χ4v) is 2.21. The molecule has 0 fully saturated rings. The van der Waals surface area contributed by atoms with E-state index in [0.717, 1.165) is 31.2 Å². The summed E-state index contributed by atoms with van der Waals surface area (Å²) >= 11 is 0. The minimum Gasteiger partial charge on any atom is -0.467 e. The van der Waals surface area contributed by atoms with Crippen molar-refractivity contribution in [3.8, 4) is 0 Å². The van der Waals surface area contributed by atoms with Gasteiger partial charge in [-0.1, -0.05) is 11.6 Å². The minimum absolute atomic E-state index is 0.574. The minimum atomic E-state index is 0.574. The van der Waals surface area contributed by atoms with Crippen molar-refractivity contribution in [3.63, 3.8) is 0 Å². The predicted octanol–water partition coefficient (Wildman–Crippen LogP) is 2.84. The molecule has 0 saturated carbocycles. The van der Waals surface area contributed by atoms with Gasteiger partial charge in [-0.15, -0.1) is 0 Å². The Labute approximate surface area is 115 Å². The summed E-state index contributed by atoms with van der Waals surface area (Å²) in [6.45, 7) is 4.46. The van der Waals surface area contributed by atoms with E-state index in [1.54, 1.807) is 11.8 Å². The van der Waals surface area contributed by atoms with Crippen molar-refractivity contribution in [1.29, 1.82) is 0 Å². The number of rotatable bonds is 6. The largest absolute Gasteiger partial charge is 0.467 e. The molecule has 0 unspecified atom stereocenters. The fraction of sp³-hybridized carbons (Fsp3) is 0.533. The van der Waals surface area contributed by atoms with E-state index in [9.17, 15) is 0 Å². The lowest BCUT2D eigenvalue weighted by molar-refractivity contribution is 0.512. The van der Waals surface area contributed by atoms with Gasteiger partial charge >= 0.3 is 0 Å². The van der Waals surface area contributed by atoms with Gasteiger partial charge in [-0.25, -0.2) is 4.99 Å². The Morgan fingerprint density at radius 2 is 2.37 bits per heavy atom. The number of nitrogens with one attached hydrogen (secondary N) is 2. The molecule has 104 valence electrons. The highest BCUT2D eigenvalue weighted by Crippen LogP contribution is 2.19. The third-order valence-electron chi connectivity index (χ3n) is 3.19. The molecule has 0 aromatic carbocycles. The Balaban J connectivity index is 1.76. The molecule has 0 atom stereocenters. The van der Waals surface area contributed by atoms with Crippen LogP contribution in [0, 0.1) is 0 Å². The molecular weight excluding hydrogens is 238 g/mol. The van der Waals surface area contributed by atoms with E-state index in [-0.39, 0.29) is 0 Å². The van der Waals surface area contributed by atoms with Crippen LogP contribution in [0.2, 0.25) is 0 Å². The normalized spacial score (nSPS) is 15.4. The van der Waals surface area contributed by atoms with Crippen LogP contribution in [-0.4, -0.2) is 19.0 Å². The number of hydrogen-bond acceptors (Lipinski definition) is 2. The molecule has 4 nitrogen and oxygen atoms in total. The smallest absolute Gasteiger partial charge is 0.191 e. The Hall–Kier alpha value is -1.71. The Morgan fingerprint density at radius 1 is 1.42 bits per heavy atom. The second-order valence-electron chi connectivity index (χ2n) is 4.71. The Kier molecular flexibility index (Phi) is 5.53. The summed E-state index contributed by atoms with van der Waals surface area (Å²) in [6.07, 6.45) is 9.00. The van der Waals surface area contributed by atoms with Crippen LogP contribution in [0.5, 0.6) is 0 Å². The number of guanidine groups is 1. The average molecular weight is 261 g/mol. The van der Waals surface area contributed by atoms with Crippen LogP contribution >= 0.6 is 0 Å². The summed E-state index contributed by atoms with van der Waals surface area (Å²) in [7, 11) is 0. The van der Waals surface area contributed by atoms with Gasteiger partial charge in [0, 0.05) is 13.1 Å². The molecule has 2 N–H and O–H groups in total. The zero-order valence-corrected chi connectivity index (χ0v) is 11.6. The van der Waals surface area contributed by atoms with E-state index >= 15 is 0 Å². The van der Waals surface area contributed by atoms with Crippen molar-refractivity contribution < 1.29 is 4.42 Å². The van der Waals surface area contributed by atoms with Crippen LogP contribution < -0.4 is 10.6 Å². The molecule has 2 rings (SSSR count). The van der Waals surface area contributed by atoms with Gasteiger partial charge in [0.1, 0.15) is 12.3 Å². The molecule has 1 aliphatic rings. The lowest BCUT2D eigenvalue weighted by atomic mass is 10.2. The summed E-state index contributed by atoms with van der Waals surface area (Å²) in [4.78, 5) is 4.50. The molecule has 1 aromatic rings. The predicted molar refractivity (Wildman–Crippen MR) is 78.1 cm³/mol. The second kappa shape index (κ2) is 7.67. The number of nitrogens with zero attached hydrogens (tertiary/aromatic N) is 1. The Bertz CT molecular complexity index is 421. The maximum Gasteiger partial charge on any atom is 0.191 e. The standard InChI is InChI=1S/C15H23N3O/c1-2-16-15(18-12-14-8-5-11-19-14)17-10-9-13-6-3-4-7-13/h5-6,8,11H,2-4,7,9-10,12H2,1H3,(H2,16,17,18). The van der Waals surface area contributed by atoms with Crippen LogP contribution in [0.15, 0.2) is 39.5 Å². The first-order chi connectivity index (χ1) is 9.38. The molecule has 0 spiro atoms. The first-order valence-electron chi connectivity index (χ1n) is 7.11. The van der Waals surface area contributed by atoms with Crippen molar-refractivity contribution in [2.24, 2.45) is 4.99 Å². The first-order valence-corrected chi connectivity index (χ1v) is 7.11. The van der Waals surface area contributed by atoms with E-state index < -0.39 is 0 Å². The molecule has 1 aliphatic carbocycles. The van der Waals surface area contributed by atoms with Crippen molar-refractivity contribution in [1.82, 2.24) is 10.6 Å². The summed E-state index contributed by atoms with van der Waals surface area (Å²) in [5, 5.41) is 6.61. The molecule has 0 saturated heterocycles. The van der Waals surface area contributed by atoms with E-state index in [1.165, 1.54) is 19.3 Å². The van der Waals surface area contributed by atoms with Gasteiger partial charge < -0.3 is 15.1 Å². The summed E-state index contributed by atoms with van der Waals surface area (Å²) in [5.74, 6) is 1.74. The quantitative estimate of drug-likeness (QED) is 0.470. The van der Waals surface area contributed by atoms with Gasteiger partial charge in [0.25, 0.3) is 0 Å². The summed E-state index contributed by atoms with van der Waals surface area (Å²) in [5.41, 5.74) is 1.58. The lowest BCUT2D eigenvalue weighted by Crippen LogP contribution is -2.37. The molecule has 19 heavy (non-hydrogen) atoms. The molecule has 1 heterocycles.